The first-order valence-electron chi connectivity index (χ1n) is 9.25. The Morgan fingerprint density at radius 2 is 2.07 bits per heavy atom. The Morgan fingerprint density at radius 3 is 2.89 bits per heavy atom. The fraction of sp³-hybridized carbons (Fsp3) is 0.333. The van der Waals surface area contributed by atoms with Crippen molar-refractivity contribution in [1.82, 2.24) is 10.6 Å². The molecule has 2 N–H and O–H groups in total. The molecule has 1 saturated heterocycles. The molecular formula is C21H19BrN2O2S. The summed E-state index contributed by atoms with van der Waals surface area (Å²) in [6.07, 6.45) is 3.78. The van der Waals surface area contributed by atoms with Gasteiger partial charge in [-0.05, 0) is 60.8 Å². The Bertz CT molecular complexity index is 963. The number of benzene rings is 2. The van der Waals surface area contributed by atoms with Crippen molar-refractivity contribution in [3.63, 3.8) is 0 Å². The summed E-state index contributed by atoms with van der Waals surface area (Å²) in [6.45, 7) is 0. The van der Waals surface area contributed by atoms with E-state index in [1.807, 2.05) is 18.2 Å². The van der Waals surface area contributed by atoms with Crippen molar-refractivity contribution in [1.29, 1.82) is 0 Å². The van der Waals surface area contributed by atoms with Gasteiger partial charge in [0.05, 0.1) is 0 Å². The number of thiocarbonyl (C=S) groups is 1. The second-order valence-electron chi connectivity index (χ2n) is 7.51. The number of carbonyl (C=O) groups is 1. The zero-order valence-corrected chi connectivity index (χ0v) is 17.0. The van der Waals surface area contributed by atoms with Crippen LogP contribution in [0.25, 0.3) is 0 Å². The zero-order chi connectivity index (χ0) is 18.6. The first kappa shape index (κ1) is 17.2. The molecule has 3 unspecified atom stereocenters. The number of fused-ring (bicyclic) bond motifs is 3. The van der Waals surface area contributed by atoms with Gasteiger partial charge in [-0.25, -0.2) is 0 Å². The van der Waals surface area contributed by atoms with Crippen molar-refractivity contribution in [3.05, 3.63) is 63.6 Å². The van der Waals surface area contributed by atoms with Crippen molar-refractivity contribution in [2.75, 3.05) is 0 Å². The molecule has 0 radical (unpaired) electrons. The van der Waals surface area contributed by atoms with E-state index in [4.69, 9.17) is 17.0 Å². The Hall–Kier alpha value is -1.92. The van der Waals surface area contributed by atoms with Crippen LogP contribution in [0, 0.1) is 0 Å². The highest BCUT2D eigenvalue weighted by Crippen LogP contribution is 2.47. The quantitative estimate of drug-likeness (QED) is 0.657. The molecule has 5 rings (SSSR count). The summed E-state index contributed by atoms with van der Waals surface area (Å²) in [5.74, 6) is 0.932. The van der Waals surface area contributed by atoms with Crippen LogP contribution < -0.4 is 15.4 Å². The number of aryl methyl sites for hydroxylation is 1. The molecule has 3 atom stereocenters. The number of ether oxygens (including phenoxy) is 1. The topological polar surface area (TPSA) is 50.4 Å². The van der Waals surface area contributed by atoms with Crippen LogP contribution >= 0.6 is 28.1 Å². The number of hydrogen-bond donors (Lipinski definition) is 2. The molecule has 1 aliphatic carbocycles. The normalized spacial score (nSPS) is 28.8. The third-order valence-electron chi connectivity index (χ3n) is 5.99. The average molecular weight is 443 g/mol. The van der Waals surface area contributed by atoms with Crippen LogP contribution in [0.1, 0.15) is 41.9 Å². The van der Waals surface area contributed by atoms with Gasteiger partial charge in [-0.2, -0.15) is 0 Å². The maximum absolute atomic E-state index is 13.0. The number of amides is 1. The molecule has 0 saturated carbocycles. The summed E-state index contributed by atoms with van der Waals surface area (Å²) in [7, 11) is 0. The van der Waals surface area contributed by atoms with Gasteiger partial charge < -0.3 is 15.4 Å². The Kier molecular flexibility index (Phi) is 4.02. The van der Waals surface area contributed by atoms with E-state index in [2.05, 4.69) is 50.8 Å². The molecule has 0 bridgehead atoms. The van der Waals surface area contributed by atoms with Crippen LogP contribution in [0.2, 0.25) is 0 Å². The second kappa shape index (κ2) is 6.31. The standard InChI is InChI=1S/C21H19BrN2O2S/c22-13-8-9-17-16(10-13)21(19(25)23-20(27)24-21)11-18(26-17)15-7-3-5-12-4-1-2-6-14(12)15/h1-2,4,6,8-10,15,18H,3,5,7,11H2,(H2,23,24,25,27). The highest BCUT2D eigenvalue weighted by Gasteiger charge is 2.53. The van der Waals surface area contributed by atoms with Gasteiger partial charge in [0.1, 0.15) is 11.9 Å². The highest BCUT2D eigenvalue weighted by molar-refractivity contribution is 9.10. The summed E-state index contributed by atoms with van der Waals surface area (Å²) < 4.78 is 7.38. The van der Waals surface area contributed by atoms with E-state index >= 15 is 0 Å². The monoisotopic (exact) mass is 442 g/mol. The van der Waals surface area contributed by atoms with E-state index < -0.39 is 5.54 Å². The van der Waals surface area contributed by atoms with Crippen molar-refractivity contribution in [3.8, 4) is 5.75 Å². The molecule has 0 aromatic heterocycles. The van der Waals surface area contributed by atoms with Crippen LogP contribution in [-0.2, 0) is 16.8 Å². The molecule has 2 aliphatic heterocycles. The van der Waals surface area contributed by atoms with Gasteiger partial charge in [0.15, 0.2) is 10.7 Å². The highest BCUT2D eigenvalue weighted by atomic mass is 79.9. The molecule has 1 fully saturated rings. The molecule has 2 heterocycles. The lowest BCUT2D eigenvalue weighted by atomic mass is 9.73. The minimum absolute atomic E-state index is 0.0840. The number of rotatable bonds is 1. The first-order chi connectivity index (χ1) is 13.1. The molecule has 27 heavy (non-hydrogen) atoms. The zero-order valence-electron chi connectivity index (χ0n) is 14.6. The maximum atomic E-state index is 13.0. The molecule has 3 aliphatic rings. The van der Waals surface area contributed by atoms with Crippen LogP contribution in [0.15, 0.2) is 46.9 Å². The maximum Gasteiger partial charge on any atom is 0.256 e. The predicted octanol–water partition coefficient (Wildman–Crippen LogP) is 3.92. The van der Waals surface area contributed by atoms with Crippen LogP contribution in [-0.4, -0.2) is 17.1 Å². The number of nitrogens with one attached hydrogen (secondary N) is 2. The van der Waals surface area contributed by atoms with Crippen LogP contribution in [0.4, 0.5) is 0 Å². The van der Waals surface area contributed by atoms with E-state index in [9.17, 15) is 4.79 Å². The third-order valence-corrected chi connectivity index (χ3v) is 6.69. The molecule has 6 heteroatoms. The minimum atomic E-state index is -0.870. The summed E-state index contributed by atoms with van der Waals surface area (Å²) in [5.41, 5.74) is 2.72. The first-order valence-corrected chi connectivity index (χ1v) is 10.4. The molecule has 2 aromatic carbocycles. The summed E-state index contributed by atoms with van der Waals surface area (Å²) in [4.78, 5) is 13.0. The van der Waals surface area contributed by atoms with Gasteiger partial charge in [-0.1, -0.05) is 40.2 Å². The Morgan fingerprint density at radius 1 is 1.22 bits per heavy atom. The van der Waals surface area contributed by atoms with Crippen molar-refractivity contribution in [2.45, 2.75) is 43.2 Å². The van der Waals surface area contributed by atoms with Crippen LogP contribution in [0.5, 0.6) is 5.75 Å². The smallest absolute Gasteiger partial charge is 0.256 e. The third kappa shape index (κ3) is 2.69. The fourth-order valence-electron chi connectivity index (χ4n) is 4.78. The minimum Gasteiger partial charge on any atom is -0.489 e. The summed E-state index contributed by atoms with van der Waals surface area (Å²) in [6, 6.07) is 14.5. The van der Waals surface area contributed by atoms with Gasteiger partial charge in [-0.15, -0.1) is 0 Å². The predicted molar refractivity (Wildman–Crippen MR) is 111 cm³/mol. The van der Waals surface area contributed by atoms with Gasteiger partial charge in [0.25, 0.3) is 5.91 Å². The fourth-order valence-corrected chi connectivity index (χ4v) is 5.41. The van der Waals surface area contributed by atoms with Gasteiger partial charge >= 0.3 is 0 Å². The van der Waals surface area contributed by atoms with Crippen molar-refractivity contribution >= 4 is 39.2 Å². The molecule has 138 valence electrons. The Balaban J connectivity index is 1.61. The molecule has 2 aromatic rings. The molecular weight excluding hydrogens is 424 g/mol. The Labute approximate surface area is 171 Å². The largest absolute Gasteiger partial charge is 0.489 e. The SMILES string of the molecule is O=C1NC(=S)NC12CC(C1CCCc3ccccc31)Oc1ccc(Br)cc12. The number of halogens is 1. The lowest BCUT2D eigenvalue weighted by Gasteiger charge is -2.42. The van der Waals surface area contributed by atoms with Crippen molar-refractivity contribution in [2.24, 2.45) is 0 Å². The lowest BCUT2D eigenvalue weighted by Crippen LogP contribution is -2.51. The van der Waals surface area contributed by atoms with E-state index in [0.29, 0.717) is 11.5 Å². The van der Waals surface area contributed by atoms with E-state index in [1.54, 1.807) is 0 Å². The summed E-state index contributed by atoms with van der Waals surface area (Å²) >= 11 is 8.80. The number of carbonyl (C=O) groups excluding carboxylic acids is 1. The second-order valence-corrected chi connectivity index (χ2v) is 8.84. The van der Waals surface area contributed by atoms with E-state index in [0.717, 1.165) is 35.0 Å². The van der Waals surface area contributed by atoms with Gasteiger partial charge in [0, 0.05) is 22.4 Å². The van der Waals surface area contributed by atoms with Crippen LogP contribution in [0.3, 0.4) is 0 Å². The molecule has 4 nitrogen and oxygen atoms in total. The lowest BCUT2D eigenvalue weighted by molar-refractivity contribution is -0.126. The van der Waals surface area contributed by atoms with Crippen molar-refractivity contribution < 1.29 is 9.53 Å². The molecule has 1 spiro atoms. The van der Waals surface area contributed by atoms with Gasteiger partial charge in [0.2, 0.25) is 0 Å². The average Bonchev–Trinajstić information content (AvgIpc) is 2.95. The number of hydrogen-bond acceptors (Lipinski definition) is 3. The summed E-state index contributed by atoms with van der Waals surface area (Å²) in [5, 5.41) is 6.44. The van der Waals surface area contributed by atoms with E-state index in [1.165, 1.54) is 11.1 Å². The van der Waals surface area contributed by atoms with E-state index in [-0.39, 0.29) is 17.9 Å². The van der Waals surface area contributed by atoms with Gasteiger partial charge in [-0.3, -0.25) is 4.79 Å². The molecule has 1 amide bonds.